The number of carbonyl (C=O) groups excluding carboxylic acids is 2. The zero-order valence-corrected chi connectivity index (χ0v) is 17.4. The molecule has 0 spiro atoms. The Kier molecular flexibility index (Phi) is 16.8. The van der Waals surface area contributed by atoms with Crippen LogP contribution in [0, 0.1) is 11.3 Å². The van der Waals surface area contributed by atoms with Gasteiger partial charge < -0.3 is 19.8 Å². The largest absolute Gasteiger partial charge is 1.00 e. The molecule has 0 aromatic rings. The van der Waals surface area contributed by atoms with E-state index in [9.17, 15) is 19.8 Å². The Hall–Kier alpha value is 1.58. The van der Waals surface area contributed by atoms with Crippen molar-refractivity contribution in [2.24, 2.45) is 11.3 Å². The minimum Gasteiger partial charge on any atom is -0.549 e. The molecular formula is C12H20KNaO4. The summed E-state index contributed by atoms with van der Waals surface area (Å²) in [4.78, 5) is 22.1. The quantitative estimate of drug-likeness (QED) is 0.253. The van der Waals surface area contributed by atoms with Crippen LogP contribution >= 0.6 is 0 Å². The molecule has 0 atom stereocenters. The van der Waals surface area contributed by atoms with Gasteiger partial charge in [0.2, 0.25) is 0 Å². The van der Waals surface area contributed by atoms with Crippen LogP contribution in [0.15, 0.2) is 0 Å². The van der Waals surface area contributed by atoms with Crippen molar-refractivity contribution < 1.29 is 101 Å². The molecule has 18 heavy (non-hydrogen) atoms. The SMILES string of the molecule is CCCCCCC(C(=O)[O-])(C(=O)[O-])C(C)C.[K+].[Na+]. The van der Waals surface area contributed by atoms with E-state index in [4.69, 9.17) is 0 Å². The van der Waals surface area contributed by atoms with Crippen LogP contribution in [0.3, 0.4) is 0 Å². The maximum absolute atomic E-state index is 11.0. The maximum atomic E-state index is 11.0. The van der Waals surface area contributed by atoms with Crippen molar-refractivity contribution in [3.63, 3.8) is 0 Å². The summed E-state index contributed by atoms with van der Waals surface area (Å²) in [5.74, 6) is -3.58. The summed E-state index contributed by atoms with van der Waals surface area (Å²) in [5, 5.41) is 22.1. The number of rotatable bonds is 8. The molecule has 0 aliphatic rings. The third-order valence-electron chi connectivity index (χ3n) is 3.14. The van der Waals surface area contributed by atoms with Gasteiger partial charge in [-0.3, -0.25) is 0 Å². The summed E-state index contributed by atoms with van der Waals surface area (Å²) in [5.41, 5.74) is -1.84. The molecular weight excluding hydrogens is 270 g/mol. The number of carboxylic acids is 2. The number of hydrogen-bond acceptors (Lipinski definition) is 4. The number of hydrogen-bond donors (Lipinski definition) is 0. The summed E-state index contributed by atoms with van der Waals surface area (Å²) in [7, 11) is 0. The zero-order chi connectivity index (χ0) is 12.8. The molecule has 0 N–H and O–H groups in total. The molecule has 0 saturated carbocycles. The Morgan fingerprint density at radius 2 is 1.50 bits per heavy atom. The second-order valence-corrected chi connectivity index (χ2v) is 4.51. The van der Waals surface area contributed by atoms with E-state index in [2.05, 4.69) is 0 Å². The van der Waals surface area contributed by atoms with Crippen molar-refractivity contribution in [1.29, 1.82) is 0 Å². The van der Waals surface area contributed by atoms with Gasteiger partial charge >= 0.3 is 80.9 Å². The third kappa shape index (κ3) is 6.84. The normalized spacial score (nSPS) is 10.4. The molecule has 0 heterocycles. The summed E-state index contributed by atoms with van der Waals surface area (Å²) >= 11 is 0. The second-order valence-electron chi connectivity index (χ2n) is 4.51. The molecule has 0 bridgehead atoms. The molecule has 0 fully saturated rings. The van der Waals surface area contributed by atoms with E-state index in [1.807, 2.05) is 6.92 Å². The predicted molar refractivity (Wildman–Crippen MR) is 56.0 cm³/mol. The molecule has 0 aliphatic carbocycles. The Balaban J connectivity index is -0.00000112. The van der Waals surface area contributed by atoms with E-state index in [0.29, 0.717) is 6.42 Å². The van der Waals surface area contributed by atoms with E-state index in [-0.39, 0.29) is 87.4 Å². The molecule has 0 radical (unpaired) electrons. The van der Waals surface area contributed by atoms with Crippen LogP contribution in [0.2, 0.25) is 0 Å². The minimum absolute atomic E-state index is 0. The first kappa shape index (κ1) is 24.6. The smallest absolute Gasteiger partial charge is 0.549 e. The Morgan fingerprint density at radius 3 is 1.78 bits per heavy atom. The third-order valence-corrected chi connectivity index (χ3v) is 3.14. The van der Waals surface area contributed by atoms with E-state index < -0.39 is 23.3 Å². The first-order chi connectivity index (χ1) is 7.39. The molecule has 0 rings (SSSR count). The van der Waals surface area contributed by atoms with Crippen LogP contribution in [-0.2, 0) is 9.59 Å². The van der Waals surface area contributed by atoms with E-state index in [1.165, 1.54) is 0 Å². The first-order valence-corrected chi connectivity index (χ1v) is 5.82. The monoisotopic (exact) mass is 290 g/mol. The molecule has 94 valence electrons. The topological polar surface area (TPSA) is 80.3 Å². The summed E-state index contributed by atoms with van der Waals surface area (Å²) < 4.78 is 0. The van der Waals surface area contributed by atoms with Crippen LogP contribution in [0.1, 0.15) is 52.9 Å². The van der Waals surface area contributed by atoms with Crippen molar-refractivity contribution in [2.75, 3.05) is 0 Å². The van der Waals surface area contributed by atoms with Gasteiger partial charge in [-0.1, -0.05) is 46.5 Å². The Bertz CT molecular complexity index is 242. The Morgan fingerprint density at radius 1 is 1.06 bits per heavy atom. The molecule has 6 heteroatoms. The summed E-state index contributed by atoms with van der Waals surface area (Å²) in [6, 6.07) is 0. The van der Waals surface area contributed by atoms with Crippen molar-refractivity contribution in [1.82, 2.24) is 0 Å². The molecule has 0 aromatic heterocycles. The van der Waals surface area contributed by atoms with Crippen LogP contribution in [0.4, 0.5) is 0 Å². The van der Waals surface area contributed by atoms with Gasteiger partial charge in [0, 0.05) is 0 Å². The number of carboxylic acid groups (broad SMARTS) is 2. The van der Waals surface area contributed by atoms with Gasteiger partial charge in [-0.25, -0.2) is 0 Å². The van der Waals surface area contributed by atoms with Crippen molar-refractivity contribution in [3.05, 3.63) is 0 Å². The second kappa shape index (κ2) is 12.3. The molecule has 4 nitrogen and oxygen atoms in total. The van der Waals surface area contributed by atoms with Crippen molar-refractivity contribution >= 4 is 11.9 Å². The van der Waals surface area contributed by atoms with Gasteiger partial charge in [0.15, 0.2) is 0 Å². The maximum Gasteiger partial charge on any atom is 1.00 e. The fourth-order valence-corrected chi connectivity index (χ4v) is 1.88. The predicted octanol–water partition coefficient (Wildman–Crippen LogP) is -5.89. The van der Waals surface area contributed by atoms with E-state index in [1.54, 1.807) is 13.8 Å². The fourth-order valence-electron chi connectivity index (χ4n) is 1.88. The van der Waals surface area contributed by atoms with E-state index in [0.717, 1.165) is 19.3 Å². The zero-order valence-electron chi connectivity index (χ0n) is 12.2. The standard InChI is InChI=1S/C12H22O4.K.Na/c1-4-5-6-7-8-12(9(2)3,10(13)14)11(15)16;;/h9H,4-8H2,1-3H3,(H,13,14)(H,15,16);;/q;2*+1/p-2. The van der Waals surface area contributed by atoms with Gasteiger partial charge in [0.25, 0.3) is 0 Å². The Labute approximate surface area is 174 Å². The van der Waals surface area contributed by atoms with Crippen LogP contribution in [0.25, 0.3) is 0 Å². The van der Waals surface area contributed by atoms with Gasteiger partial charge in [-0.15, -0.1) is 0 Å². The van der Waals surface area contributed by atoms with Gasteiger partial charge in [-0.05, 0) is 12.3 Å². The first-order valence-electron chi connectivity index (χ1n) is 5.82. The average molecular weight is 290 g/mol. The summed E-state index contributed by atoms with van der Waals surface area (Å²) in [6.45, 7) is 5.18. The minimum atomic E-state index is -1.84. The molecule has 0 aromatic carbocycles. The molecule has 0 amide bonds. The summed E-state index contributed by atoms with van der Waals surface area (Å²) in [6.07, 6.45) is 3.51. The molecule has 0 aliphatic heterocycles. The van der Waals surface area contributed by atoms with Crippen LogP contribution in [0.5, 0.6) is 0 Å². The van der Waals surface area contributed by atoms with Crippen LogP contribution < -0.4 is 91.2 Å². The average Bonchev–Trinajstić information content (AvgIpc) is 2.16. The van der Waals surface area contributed by atoms with Gasteiger partial charge in [0.05, 0.1) is 17.4 Å². The van der Waals surface area contributed by atoms with Gasteiger partial charge in [0.1, 0.15) is 0 Å². The van der Waals surface area contributed by atoms with Crippen molar-refractivity contribution in [2.45, 2.75) is 52.9 Å². The number of unbranched alkanes of at least 4 members (excludes halogenated alkanes) is 3. The fraction of sp³-hybridized carbons (Fsp3) is 0.833. The van der Waals surface area contributed by atoms with E-state index >= 15 is 0 Å². The van der Waals surface area contributed by atoms with Gasteiger partial charge in [-0.2, -0.15) is 0 Å². The number of carbonyl (C=O) groups is 2. The van der Waals surface area contributed by atoms with Crippen molar-refractivity contribution in [3.8, 4) is 0 Å². The van der Waals surface area contributed by atoms with Crippen LogP contribution in [-0.4, -0.2) is 11.9 Å². The molecule has 0 saturated heterocycles. The molecule has 0 unspecified atom stereocenters. The number of aliphatic carboxylic acids is 2.